The largest absolute Gasteiger partial charge is 0.462 e. The van der Waals surface area contributed by atoms with Crippen LogP contribution in [0.1, 0.15) is 266 Å². The van der Waals surface area contributed by atoms with Gasteiger partial charge in [-0.2, -0.15) is 0 Å². The molecule has 2 unspecified atom stereocenters. The van der Waals surface area contributed by atoms with E-state index in [0.717, 1.165) is 69.6 Å². The van der Waals surface area contributed by atoms with E-state index >= 15 is 0 Å². The van der Waals surface area contributed by atoms with Gasteiger partial charge in [-0.05, 0) is 31.1 Å². The third kappa shape index (κ3) is 40.4. The Morgan fingerprint density at radius 2 is 0.636 bits per heavy atom. The lowest BCUT2D eigenvalue weighted by Gasteiger charge is -2.18. The molecule has 6 nitrogen and oxygen atoms in total. The second kappa shape index (κ2) is 42.0. The lowest BCUT2D eigenvalue weighted by Crippen LogP contribution is -2.30. The van der Waals surface area contributed by atoms with E-state index in [2.05, 4.69) is 34.6 Å². The van der Waals surface area contributed by atoms with Crippen LogP contribution >= 0.6 is 0 Å². The van der Waals surface area contributed by atoms with Gasteiger partial charge in [0, 0.05) is 19.3 Å². The van der Waals surface area contributed by atoms with Crippen LogP contribution in [0.25, 0.3) is 0 Å². The molecule has 0 aromatic rings. The molecule has 0 aliphatic heterocycles. The number of carbonyl (C=O) groups is 3. The Morgan fingerprint density at radius 3 is 0.945 bits per heavy atom. The Labute approximate surface area is 342 Å². The number of hydrogen-bond acceptors (Lipinski definition) is 6. The van der Waals surface area contributed by atoms with E-state index in [1.54, 1.807) is 0 Å². The van der Waals surface area contributed by atoms with E-state index in [4.69, 9.17) is 14.2 Å². The summed E-state index contributed by atoms with van der Waals surface area (Å²) in [5, 5.41) is 0. The van der Waals surface area contributed by atoms with Gasteiger partial charge in [0.15, 0.2) is 6.10 Å². The van der Waals surface area contributed by atoms with Gasteiger partial charge >= 0.3 is 17.9 Å². The summed E-state index contributed by atoms with van der Waals surface area (Å²) in [5.74, 6) is 0.826. The third-order valence-electron chi connectivity index (χ3n) is 11.7. The monoisotopic (exact) mass is 779 g/mol. The molecule has 55 heavy (non-hydrogen) atoms. The maximum absolute atomic E-state index is 12.7. The van der Waals surface area contributed by atoms with Gasteiger partial charge in [0.05, 0.1) is 0 Å². The number of carbonyl (C=O) groups excluding carboxylic acids is 3. The highest BCUT2D eigenvalue weighted by molar-refractivity contribution is 5.71. The number of rotatable bonds is 43. The summed E-state index contributed by atoms with van der Waals surface area (Å²) in [7, 11) is 0. The Hall–Kier alpha value is -1.59. The van der Waals surface area contributed by atoms with Crippen LogP contribution in [0.2, 0.25) is 0 Å². The summed E-state index contributed by atoms with van der Waals surface area (Å²) >= 11 is 0. The summed E-state index contributed by atoms with van der Waals surface area (Å²) in [5.41, 5.74) is 0. The van der Waals surface area contributed by atoms with Crippen LogP contribution in [0.5, 0.6) is 0 Å². The zero-order valence-electron chi connectivity index (χ0n) is 37.6. The Bertz CT molecular complexity index is 843. The maximum atomic E-state index is 12.7. The molecule has 3 atom stereocenters. The lowest BCUT2D eigenvalue weighted by atomic mass is 9.99. The predicted octanol–water partition coefficient (Wildman–Crippen LogP) is 15.4. The molecule has 0 bridgehead atoms. The van der Waals surface area contributed by atoms with Gasteiger partial charge in [0.1, 0.15) is 13.2 Å². The lowest BCUT2D eigenvalue weighted by molar-refractivity contribution is -0.167. The molecule has 0 spiro atoms. The molecule has 326 valence electrons. The Balaban J connectivity index is 4.34. The van der Waals surface area contributed by atoms with Gasteiger partial charge in [-0.3, -0.25) is 14.4 Å². The smallest absolute Gasteiger partial charge is 0.306 e. The number of ether oxygens (including phenoxy) is 3. The summed E-state index contributed by atoms with van der Waals surface area (Å²) in [6.45, 7) is 11.3. The van der Waals surface area contributed by atoms with Crippen molar-refractivity contribution in [1.29, 1.82) is 0 Å². The summed E-state index contributed by atoms with van der Waals surface area (Å²) < 4.78 is 16.8. The van der Waals surface area contributed by atoms with Crippen molar-refractivity contribution in [3.8, 4) is 0 Å². The number of hydrogen-bond donors (Lipinski definition) is 0. The van der Waals surface area contributed by atoms with Gasteiger partial charge in [-0.25, -0.2) is 0 Å². The zero-order valence-corrected chi connectivity index (χ0v) is 37.6. The van der Waals surface area contributed by atoms with Crippen molar-refractivity contribution < 1.29 is 28.6 Å². The first-order valence-corrected chi connectivity index (χ1v) is 24.3. The molecular formula is C49H94O6. The fraction of sp³-hybridized carbons (Fsp3) is 0.939. The molecule has 0 radical (unpaired) electrons. The number of esters is 3. The van der Waals surface area contributed by atoms with E-state index in [-0.39, 0.29) is 31.1 Å². The number of unbranched alkanes of at least 4 members (excludes halogenated alkanes) is 26. The van der Waals surface area contributed by atoms with E-state index in [0.29, 0.717) is 19.3 Å². The average molecular weight is 779 g/mol. The quantitative estimate of drug-likeness (QED) is 0.0348. The van der Waals surface area contributed by atoms with Gasteiger partial charge in [-0.15, -0.1) is 0 Å². The second-order valence-corrected chi connectivity index (χ2v) is 17.2. The molecule has 0 aliphatic carbocycles. The molecule has 0 fully saturated rings. The second-order valence-electron chi connectivity index (χ2n) is 17.2. The van der Waals surface area contributed by atoms with Crippen molar-refractivity contribution in [2.45, 2.75) is 272 Å². The SMILES string of the molecule is CCCCCCCCCCCCCCCC(=O)OC[C@@H](COC(=O)CCCCCCCCC(C)CC)OC(=O)CCCCCCCCCCCCC(C)CC. The van der Waals surface area contributed by atoms with Gasteiger partial charge in [0.25, 0.3) is 0 Å². The van der Waals surface area contributed by atoms with E-state index in [9.17, 15) is 14.4 Å². The van der Waals surface area contributed by atoms with Crippen LogP contribution < -0.4 is 0 Å². The third-order valence-corrected chi connectivity index (χ3v) is 11.7. The molecule has 0 saturated heterocycles. The molecule has 0 rings (SSSR count). The van der Waals surface area contributed by atoms with E-state index < -0.39 is 6.10 Å². The van der Waals surface area contributed by atoms with Crippen molar-refractivity contribution >= 4 is 17.9 Å². The van der Waals surface area contributed by atoms with Gasteiger partial charge < -0.3 is 14.2 Å². The summed E-state index contributed by atoms with van der Waals surface area (Å²) in [6, 6.07) is 0. The topological polar surface area (TPSA) is 78.9 Å². The van der Waals surface area contributed by atoms with Crippen molar-refractivity contribution in [2.24, 2.45) is 11.8 Å². The standard InChI is InChI=1S/C49H94O6/c1-6-9-10-11-12-13-14-15-16-20-23-29-34-39-47(50)53-42-46(43-54-48(51)40-35-30-26-25-28-33-38-45(5)8-3)55-49(52)41-36-31-24-21-18-17-19-22-27-32-37-44(4)7-2/h44-46H,6-43H2,1-5H3/t44?,45?,46-/m0/s1. The first-order chi connectivity index (χ1) is 26.8. The van der Waals surface area contributed by atoms with Gasteiger partial charge in [-0.1, -0.05) is 227 Å². The van der Waals surface area contributed by atoms with Crippen molar-refractivity contribution in [1.82, 2.24) is 0 Å². The highest BCUT2D eigenvalue weighted by atomic mass is 16.6. The average Bonchev–Trinajstić information content (AvgIpc) is 3.18. The first-order valence-electron chi connectivity index (χ1n) is 24.3. The fourth-order valence-corrected chi connectivity index (χ4v) is 7.22. The van der Waals surface area contributed by atoms with Crippen LogP contribution in [0.4, 0.5) is 0 Å². The molecule has 0 saturated carbocycles. The molecular weight excluding hydrogens is 685 g/mol. The van der Waals surface area contributed by atoms with Crippen molar-refractivity contribution in [3.63, 3.8) is 0 Å². The summed E-state index contributed by atoms with van der Waals surface area (Å²) in [4.78, 5) is 37.8. The van der Waals surface area contributed by atoms with Crippen LogP contribution in [0.3, 0.4) is 0 Å². The minimum Gasteiger partial charge on any atom is -0.462 e. The Kier molecular flexibility index (Phi) is 40.8. The van der Waals surface area contributed by atoms with Crippen LogP contribution in [-0.2, 0) is 28.6 Å². The zero-order chi connectivity index (χ0) is 40.5. The van der Waals surface area contributed by atoms with E-state index in [1.165, 1.54) is 154 Å². The fourth-order valence-electron chi connectivity index (χ4n) is 7.22. The minimum atomic E-state index is -0.761. The molecule has 0 amide bonds. The van der Waals surface area contributed by atoms with Crippen LogP contribution in [-0.4, -0.2) is 37.2 Å². The molecule has 6 heteroatoms. The predicted molar refractivity (Wildman–Crippen MR) is 233 cm³/mol. The molecule has 0 N–H and O–H groups in total. The molecule has 0 aliphatic rings. The van der Waals surface area contributed by atoms with Crippen molar-refractivity contribution in [2.75, 3.05) is 13.2 Å². The van der Waals surface area contributed by atoms with Gasteiger partial charge in [0.2, 0.25) is 0 Å². The summed E-state index contributed by atoms with van der Waals surface area (Å²) in [6.07, 6.45) is 40.8. The van der Waals surface area contributed by atoms with Crippen LogP contribution in [0, 0.1) is 11.8 Å². The maximum Gasteiger partial charge on any atom is 0.306 e. The highest BCUT2D eigenvalue weighted by Gasteiger charge is 2.19. The van der Waals surface area contributed by atoms with Crippen LogP contribution in [0.15, 0.2) is 0 Å². The molecule has 0 aromatic carbocycles. The molecule has 0 heterocycles. The van der Waals surface area contributed by atoms with E-state index in [1.807, 2.05) is 0 Å². The normalized spacial score (nSPS) is 13.0. The minimum absolute atomic E-state index is 0.0649. The first kappa shape index (κ1) is 53.4. The Morgan fingerprint density at radius 1 is 0.364 bits per heavy atom. The molecule has 0 aromatic heterocycles. The van der Waals surface area contributed by atoms with Crippen molar-refractivity contribution in [3.05, 3.63) is 0 Å². The highest BCUT2D eigenvalue weighted by Crippen LogP contribution is 2.18.